The van der Waals surface area contributed by atoms with Gasteiger partial charge in [-0.1, -0.05) is 13.0 Å². The molecule has 158 valence electrons. The standard InChI is InChI=1S/C21H28N2O5S/c1-7-19(21(24)22-18-9-8-17(27-4)13-20(18)28-5)23(29(6,25)26)16-11-14(2)10-15(3)12-16/h8-13,19H,7H2,1-6H3,(H,22,24)/t19-/m1/s1. The lowest BCUT2D eigenvalue weighted by atomic mass is 10.1. The van der Waals surface area contributed by atoms with Crippen LogP contribution < -0.4 is 19.1 Å². The van der Waals surface area contributed by atoms with Gasteiger partial charge in [-0.2, -0.15) is 0 Å². The van der Waals surface area contributed by atoms with E-state index in [0.717, 1.165) is 17.4 Å². The highest BCUT2D eigenvalue weighted by Gasteiger charge is 2.32. The van der Waals surface area contributed by atoms with Crippen LogP contribution in [0.5, 0.6) is 11.5 Å². The Balaban J connectivity index is 2.44. The van der Waals surface area contributed by atoms with Crippen molar-refractivity contribution in [2.45, 2.75) is 33.2 Å². The first kappa shape index (κ1) is 22.5. The molecule has 0 aliphatic heterocycles. The summed E-state index contributed by atoms with van der Waals surface area (Å²) >= 11 is 0. The van der Waals surface area contributed by atoms with Crippen molar-refractivity contribution in [3.05, 3.63) is 47.5 Å². The SMILES string of the molecule is CC[C@H](C(=O)Nc1ccc(OC)cc1OC)N(c1cc(C)cc(C)c1)S(C)(=O)=O. The van der Waals surface area contributed by atoms with E-state index in [2.05, 4.69) is 5.32 Å². The Bertz CT molecular complexity index is 968. The number of benzene rings is 2. The second-order valence-electron chi connectivity index (χ2n) is 6.88. The van der Waals surface area contributed by atoms with E-state index in [1.807, 2.05) is 19.9 Å². The summed E-state index contributed by atoms with van der Waals surface area (Å²) in [5, 5.41) is 2.79. The second-order valence-corrected chi connectivity index (χ2v) is 8.74. The van der Waals surface area contributed by atoms with Crippen molar-refractivity contribution in [1.82, 2.24) is 0 Å². The Morgan fingerprint density at radius 3 is 2.17 bits per heavy atom. The Morgan fingerprint density at radius 2 is 1.69 bits per heavy atom. The maximum Gasteiger partial charge on any atom is 0.248 e. The number of ether oxygens (including phenoxy) is 2. The minimum Gasteiger partial charge on any atom is -0.497 e. The van der Waals surface area contributed by atoms with E-state index in [1.54, 1.807) is 37.3 Å². The Morgan fingerprint density at radius 1 is 1.07 bits per heavy atom. The van der Waals surface area contributed by atoms with Crippen molar-refractivity contribution in [2.75, 3.05) is 30.1 Å². The van der Waals surface area contributed by atoms with Gasteiger partial charge in [0.15, 0.2) is 0 Å². The molecule has 0 saturated carbocycles. The molecule has 0 aliphatic carbocycles. The molecule has 0 aliphatic rings. The molecule has 0 radical (unpaired) electrons. The first-order valence-corrected chi connectivity index (χ1v) is 11.1. The molecule has 2 aromatic carbocycles. The van der Waals surface area contributed by atoms with Crippen LogP contribution in [0.4, 0.5) is 11.4 Å². The van der Waals surface area contributed by atoms with Gasteiger partial charge in [0.25, 0.3) is 0 Å². The topological polar surface area (TPSA) is 84.9 Å². The summed E-state index contributed by atoms with van der Waals surface area (Å²) in [6.45, 7) is 5.55. The smallest absolute Gasteiger partial charge is 0.248 e. The minimum absolute atomic E-state index is 0.296. The molecule has 1 N–H and O–H groups in total. The van der Waals surface area contributed by atoms with Crippen LogP contribution in [0.1, 0.15) is 24.5 Å². The summed E-state index contributed by atoms with van der Waals surface area (Å²) in [6, 6.07) is 9.55. The van der Waals surface area contributed by atoms with Gasteiger partial charge in [-0.25, -0.2) is 8.42 Å². The minimum atomic E-state index is -3.71. The number of carbonyl (C=O) groups is 1. The van der Waals surface area contributed by atoms with Gasteiger partial charge in [0.1, 0.15) is 17.5 Å². The third kappa shape index (κ3) is 5.41. The molecule has 0 fully saturated rings. The van der Waals surface area contributed by atoms with E-state index in [1.165, 1.54) is 18.5 Å². The molecule has 2 rings (SSSR count). The molecule has 0 heterocycles. The number of nitrogens with one attached hydrogen (secondary N) is 1. The van der Waals surface area contributed by atoms with E-state index < -0.39 is 22.0 Å². The molecule has 8 heteroatoms. The number of nitrogens with zero attached hydrogens (tertiary/aromatic N) is 1. The highest BCUT2D eigenvalue weighted by molar-refractivity contribution is 7.92. The van der Waals surface area contributed by atoms with Crippen LogP contribution in [0.3, 0.4) is 0 Å². The number of sulfonamides is 1. The molecular weight excluding hydrogens is 392 g/mol. The number of hydrogen-bond donors (Lipinski definition) is 1. The van der Waals surface area contributed by atoms with Gasteiger partial charge in [0, 0.05) is 6.07 Å². The van der Waals surface area contributed by atoms with Gasteiger partial charge >= 0.3 is 0 Å². The van der Waals surface area contributed by atoms with Gasteiger partial charge in [0.2, 0.25) is 15.9 Å². The molecule has 1 atom stereocenters. The largest absolute Gasteiger partial charge is 0.497 e. The summed E-state index contributed by atoms with van der Waals surface area (Å²) in [6.07, 6.45) is 1.40. The summed E-state index contributed by atoms with van der Waals surface area (Å²) in [5.74, 6) is 0.560. The molecule has 7 nitrogen and oxygen atoms in total. The maximum atomic E-state index is 13.1. The Kier molecular flexibility index (Phi) is 7.13. The van der Waals surface area contributed by atoms with Crippen molar-refractivity contribution >= 4 is 27.3 Å². The first-order chi connectivity index (χ1) is 13.6. The second kappa shape index (κ2) is 9.17. The third-order valence-corrected chi connectivity index (χ3v) is 5.64. The van der Waals surface area contributed by atoms with E-state index in [4.69, 9.17) is 9.47 Å². The molecule has 2 aromatic rings. The lowest BCUT2D eigenvalue weighted by Crippen LogP contribution is -2.47. The zero-order valence-electron chi connectivity index (χ0n) is 17.6. The molecule has 0 spiro atoms. The quantitative estimate of drug-likeness (QED) is 0.706. The average Bonchev–Trinajstić information content (AvgIpc) is 2.64. The van der Waals surface area contributed by atoms with Crippen molar-refractivity contribution in [2.24, 2.45) is 0 Å². The third-order valence-electron chi connectivity index (χ3n) is 4.46. The maximum absolute atomic E-state index is 13.1. The average molecular weight is 421 g/mol. The number of anilines is 2. The number of aryl methyl sites for hydroxylation is 2. The molecule has 0 aromatic heterocycles. The number of rotatable bonds is 8. The predicted molar refractivity (Wildman–Crippen MR) is 115 cm³/mol. The van der Waals surface area contributed by atoms with Crippen molar-refractivity contribution in [3.63, 3.8) is 0 Å². The van der Waals surface area contributed by atoms with Gasteiger partial charge < -0.3 is 14.8 Å². The van der Waals surface area contributed by atoms with Gasteiger partial charge in [-0.05, 0) is 55.7 Å². The van der Waals surface area contributed by atoms with E-state index in [9.17, 15) is 13.2 Å². The highest BCUT2D eigenvalue weighted by atomic mass is 32.2. The summed E-state index contributed by atoms with van der Waals surface area (Å²) < 4.78 is 36.9. The summed E-state index contributed by atoms with van der Waals surface area (Å²) in [5.41, 5.74) is 2.74. The van der Waals surface area contributed by atoms with Crippen LogP contribution in [0.15, 0.2) is 36.4 Å². The van der Waals surface area contributed by atoms with Crippen LogP contribution in [0.2, 0.25) is 0 Å². The van der Waals surface area contributed by atoms with Crippen molar-refractivity contribution < 1.29 is 22.7 Å². The monoisotopic (exact) mass is 420 g/mol. The van der Waals surface area contributed by atoms with Crippen molar-refractivity contribution in [1.29, 1.82) is 0 Å². The number of amides is 1. The fourth-order valence-electron chi connectivity index (χ4n) is 3.26. The van der Waals surface area contributed by atoms with Gasteiger partial charge in [-0.3, -0.25) is 9.10 Å². The molecule has 0 bridgehead atoms. The predicted octanol–water partition coefficient (Wildman–Crippen LogP) is 3.50. The Hall–Kier alpha value is -2.74. The molecule has 0 saturated heterocycles. The van der Waals surface area contributed by atoms with E-state index in [0.29, 0.717) is 29.3 Å². The zero-order chi connectivity index (χ0) is 21.8. The normalized spacial score (nSPS) is 12.2. The highest BCUT2D eigenvalue weighted by Crippen LogP contribution is 2.30. The summed E-state index contributed by atoms with van der Waals surface area (Å²) in [4.78, 5) is 13.1. The lowest BCUT2D eigenvalue weighted by molar-refractivity contribution is -0.117. The lowest BCUT2D eigenvalue weighted by Gasteiger charge is -2.30. The van der Waals surface area contributed by atoms with E-state index in [-0.39, 0.29) is 0 Å². The molecular formula is C21H28N2O5S. The van der Waals surface area contributed by atoms with Crippen LogP contribution >= 0.6 is 0 Å². The zero-order valence-corrected chi connectivity index (χ0v) is 18.5. The van der Waals surface area contributed by atoms with Crippen molar-refractivity contribution in [3.8, 4) is 11.5 Å². The summed E-state index contributed by atoms with van der Waals surface area (Å²) in [7, 11) is -0.683. The fourth-order valence-corrected chi connectivity index (χ4v) is 4.45. The first-order valence-electron chi connectivity index (χ1n) is 9.21. The van der Waals surface area contributed by atoms with Gasteiger partial charge in [-0.15, -0.1) is 0 Å². The van der Waals surface area contributed by atoms with E-state index >= 15 is 0 Å². The van der Waals surface area contributed by atoms with Crippen LogP contribution in [0.25, 0.3) is 0 Å². The molecule has 0 unspecified atom stereocenters. The molecule has 1 amide bonds. The van der Waals surface area contributed by atoms with Crippen LogP contribution in [-0.4, -0.2) is 40.8 Å². The molecule has 29 heavy (non-hydrogen) atoms. The Labute approximate surface area is 172 Å². The number of hydrogen-bond acceptors (Lipinski definition) is 5. The number of carbonyl (C=O) groups excluding carboxylic acids is 1. The van der Waals surface area contributed by atoms with Crippen LogP contribution in [0, 0.1) is 13.8 Å². The van der Waals surface area contributed by atoms with Gasteiger partial charge in [0.05, 0.1) is 31.9 Å². The number of methoxy groups -OCH3 is 2. The van der Waals surface area contributed by atoms with Crippen LogP contribution in [-0.2, 0) is 14.8 Å². The fraction of sp³-hybridized carbons (Fsp3) is 0.381.